The molecule has 0 bridgehead atoms. The van der Waals surface area contributed by atoms with Crippen molar-refractivity contribution in [2.24, 2.45) is 5.92 Å². The van der Waals surface area contributed by atoms with E-state index in [4.69, 9.17) is 0 Å². The van der Waals surface area contributed by atoms with Gasteiger partial charge >= 0.3 is 0 Å². The molecule has 0 N–H and O–H groups in total. The van der Waals surface area contributed by atoms with Crippen LogP contribution in [0.2, 0.25) is 0 Å². The zero-order chi connectivity index (χ0) is 18.3. The molecule has 0 atom stereocenters. The predicted octanol–water partition coefficient (Wildman–Crippen LogP) is 5.52. The van der Waals surface area contributed by atoms with E-state index >= 15 is 0 Å². The van der Waals surface area contributed by atoms with Gasteiger partial charge in [-0.1, -0.05) is 48.9 Å². The Morgan fingerprint density at radius 2 is 1.44 bits per heavy atom. The fraction of sp³-hybridized carbons (Fsp3) is 0.520. The predicted molar refractivity (Wildman–Crippen MR) is 115 cm³/mol. The van der Waals surface area contributed by atoms with E-state index in [1.165, 1.54) is 87.9 Å². The lowest BCUT2D eigenvalue weighted by molar-refractivity contribution is 0.171. The van der Waals surface area contributed by atoms with Crippen molar-refractivity contribution in [1.29, 1.82) is 0 Å². The number of likely N-dealkylation sites (tertiary alicyclic amines) is 1. The zero-order valence-corrected chi connectivity index (χ0v) is 16.7. The van der Waals surface area contributed by atoms with Crippen molar-refractivity contribution in [3.05, 3.63) is 65.7 Å². The quantitative estimate of drug-likeness (QED) is 0.640. The molecule has 2 aliphatic rings. The van der Waals surface area contributed by atoms with Gasteiger partial charge in [0.1, 0.15) is 0 Å². The molecule has 2 aromatic rings. The first kappa shape index (κ1) is 18.6. The van der Waals surface area contributed by atoms with Crippen LogP contribution in [0.25, 0.3) is 0 Å². The minimum Gasteiger partial charge on any atom is -0.372 e. The van der Waals surface area contributed by atoms with Gasteiger partial charge in [-0.15, -0.1) is 0 Å². The largest absolute Gasteiger partial charge is 0.372 e. The summed E-state index contributed by atoms with van der Waals surface area (Å²) >= 11 is 0. The number of rotatable bonds is 7. The lowest BCUT2D eigenvalue weighted by atomic mass is 9.90. The first-order valence-corrected chi connectivity index (χ1v) is 11.0. The number of piperidine rings is 1. The summed E-state index contributed by atoms with van der Waals surface area (Å²) in [4.78, 5) is 5.15. The van der Waals surface area contributed by atoms with E-state index in [9.17, 15) is 0 Å². The molecular formula is C25H34N2. The van der Waals surface area contributed by atoms with Crippen molar-refractivity contribution in [3.8, 4) is 0 Å². The van der Waals surface area contributed by atoms with Crippen molar-refractivity contribution in [2.45, 2.75) is 51.5 Å². The van der Waals surface area contributed by atoms with E-state index in [-0.39, 0.29) is 0 Å². The third-order valence-electron chi connectivity index (χ3n) is 6.44. The van der Waals surface area contributed by atoms with Gasteiger partial charge in [-0.3, -0.25) is 4.90 Å². The second kappa shape index (κ2) is 9.41. The Morgan fingerprint density at radius 3 is 2.15 bits per heavy atom. The van der Waals surface area contributed by atoms with Crippen molar-refractivity contribution < 1.29 is 0 Å². The van der Waals surface area contributed by atoms with E-state index in [0.29, 0.717) is 0 Å². The lowest BCUT2D eigenvalue weighted by Crippen LogP contribution is -2.33. The van der Waals surface area contributed by atoms with Crippen LogP contribution in [0.15, 0.2) is 54.6 Å². The molecule has 0 aromatic heterocycles. The molecular weight excluding hydrogens is 328 g/mol. The van der Waals surface area contributed by atoms with Crippen LogP contribution in [-0.2, 0) is 13.0 Å². The molecule has 0 aliphatic carbocycles. The number of hydrogen-bond donors (Lipinski definition) is 0. The van der Waals surface area contributed by atoms with Crippen LogP contribution in [-0.4, -0.2) is 31.1 Å². The molecule has 2 heteroatoms. The molecule has 2 fully saturated rings. The molecule has 2 nitrogen and oxygen atoms in total. The molecule has 2 heterocycles. The highest BCUT2D eigenvalue weighted by atomic mass is 15.1. The first-order valence-electron chi connectivity index (χ1n) is 11.0. The first-order chi connectivity index (χ1) is 13.4. The van der Waals surface area contributed by atoms with Gasteiger partial charge in [0, 0.05) is 25.3 Å². The van der Waals surface area contributed by atoms with E-state index in [1.807, 2.05) is 0 Å². The van der Waals surface area contributed by atoms with Crippen molar-refractivity contribution in [3.63, 3.8) is 0 Å². The molecule has 0 amide bonds. The average Bonchev–Trinajstić information content (AvgIpc) is 3.26. The topological polar surface area (TPSA) is 6.48 Å². The van der Waals surface area contributed by atoms with Gasteiger partial charge in [0.25, 0.3) is 0 Å². The van der Waals surface area contributed by atoms with Gasteiger partial charge in [0.15, 0.2) is 0 Å². The van der Waals surface area contributed by atoms with Gasteiger partial charge in [0.05, 0.1) is 0 Å². The van der Waals surface area contributed by atoms with Crippen molar-refractivity contribution >= 4 is 5.69 Å². The molecule has 0 spiro atoms. The van der Waals surface area contributed by atoms with Crippen molar-refractivity contribution in [1.82, 2.24) is 4.90 Å². The highest BCUT2D eigenvalue weighted by Gasteiger charge is 2.19. The highest BCUT2D eigenvalue weighted by Crippen LogP contribution is 2.25. The zero-order valence-electron chi connectivity index (χ0n) is 16.7. The number of benzene rings is 2. The van der Waals surface area contributed by atoms with Crippen LogP contribution in [0.3, 0.4) is 0 Å². The SMILES string of the molecule is c1ccc(CN2CCC(CCCc3ccc(N4CCCC4)cc3)CC2)cc1. The minimum atomic E-state index is 0.931. The van der Waals surface area contributed by atoms with E-state index in [2.05, 4.69) is 64.4 Å². The fourth-order valence-corrected chi connectivity index (χ4v) is 4.72. The molecule has 4 rings (SSSR count). The third kappa shape index (κ3) is 5.35. The number of aryl methyl sites for hydroxylation is 1. The maximum Gasteiger partial charge on any atom is 0.0366 e. The van der Waals surface area contributed by atoms with Gasteiger partial charge in [-0.2, -0.15) is 0 Å². The summed E-state index contributed by atoms with van der Waals surface area (Å²) in [6, 6.07) is 20.3. The van der Waals surface area contributed by atoms with Crippen molar-refractivity contribution in [2.75, 3.05) is 31.1 Å². The Kier molecular flexibility index (Phi) is 6.47. The van der Waals surface area contributed by atoms with E-state index in [0.717, 1.165) is 12.5 Å². The third-order valence-corrected chi connectivity index (χ3v) is 6.44. The Bertz CT molecular complexity index is 665. The van der Waals surface area contributed by atoms with E-state index < -0.39 is 0 Å². The summed E-state index contributed by atoms with van der Waals surface area (Å²) < 4.78 is 0. The maximum atomic E-state index is 2.63. The van der Waals surface area contributed by atoms with Crippen LogP contribution >= 0.6 is 0 Å². The summed E-state index contributed by atoms with van der Waals surface area (Å²) in [5.41, 5.74) is 4.38. The summed E-state index contributed by atoms with van der Waals surface area (Å²) in [6.07, 6.45) is 9.43. The second-order valence-corrected chi connectivity index (χ2v) is 8.46. The van der Waals surface area contributed by atoms with Crippen LogP contribution in [0.1, 0.15) is 49.7 Å². The summed E-state index contributed by atoms with van der Waals surface area (Å²) in [5.74, 6) is 0.931. The number of nitrogens with zero attached hydrogens (tertiary/aromatic N) is 2. The molecule has 144 valence electrons. The standard InChI is InChI=1S/C25H34N2/c1-2-7-24(8-3-1)21-26-19-15-23(16-20-26)10-6-9-22-11-13-25(14-12-22)27-17-4-5-18-27/h1-3,7-8,11-14,23H,4-6,9-10,15-21H2. The molecule has 0 unspecified atom stereocenters. The minimum absolute atomic E-state index is 0.931. The normalized spacial score (nSPS) is 18.9. The molecule has 2 aromatic carbocycles. The Balaban J connectivity index is 1.15. The van der Waals surface area contributed by atoms with Crippen LogP contribution in [0, 0.1) is 5.92 Å². The lowest BCUT2D eigenvalue weighted by Gasteiger charge is -2.32. The van der Waals surface area contributed by atoms with E-state index in [1.54, 1.807) is 0 Å². The fourth-order valence-electron chi connectivity index (χ4n) is 4.72. The summed E-state index contributed by atoms with van der Waals surface area (Å²) in [6.45, 7) is 6.13. The van der Waals surface area contributed by atoms with Crippen LogP contribution in [0.4, 0.5) is 5.69 Å². The summed E-state index contributed by atoms with van der Waals surface area (Å²) in [7, 11) is 0. The van der Waals surface area contributed by atoms with Gasteiger partial charge < -0.3 is 4.90 Å². The van der Waals surface area contributed by atoms with Gasteiger partial charge in [0.2, 0.25) is 0 Å². The van der Waals surface area contributed by atoms with Gasteiger partial charge in [-0.25, -0.2) is 0 Å². The highest BCUT2D eigenvalue weighted by molar-refractivity contribution is 5.48. The maximum absolute atomic E-state index is 2.63. The Hall–Kier alpha value is -1.80. The van der Waals surface area contributed by atoms with Crippen LogP contribution < -0.4 is 4.90 Å². The smallest absolute Gasteiger partial charge is 0.0366 e. The number of hydrogen-bond acceptors (Lipinski definition) is 2. The van der Waals surface area contributed by atoms with Crippen LogP contribution in [0.5, 0.6) is 0 Å². The molecule has 2 saturated heterocycles. The summed E-state index contributed by atoms with van der Waals surface area (Å²) in [5, 5.41) is 0. The van der Waals surface area contributed by atoms with Gasteiger partial charge in [-0.05, 0) is 80.8 Å². The molecule has 2 aliphatic heterocycles. The number of anilines is 1. The average molecular weight is 363 g/mol. The second-order valence-electron chi connectivity index (χ2n) is 8.46. The molecule has 0 saturated carbocycles. The molecule has 0 radical (unpaired) electrons. The monoisotopic (exact) mass is 362 g/mol. The molecule has 27 heavy (non-hydrogen) atoms. The Labute approximate surface area is 165 Å². The Morgan fingerprint density at radius 1 is 0.741 bits per heavy atom.